The van der Waals surface area contributed by atoms with Crippen LogP contribution in [0.2, 0.25) is 10.0 Å². The van der Waals surface area contributed by atoms with Crippen LogP contribution >= 0.6 is 23.2 Å². The standard InChI is InChI=1S/C22H18Cl2N4O6/c1-2-33-22-10-14(6-9-21(22)34-13-16-17(23)4-3-5-18(16)24)12-25-26-19-8-7-15(27(29)30)11-20(19)28(31)32/h3-12,26H,2,13H2,1H3/b25-12-. The molecule has 0 fully saturated rings. The minimum atomic E-state index is -0.727. The molecule has 0 bridgehead atoms. The number of rotatable bonds is 10. The van der Waals surface area contributed by atoms with Crippen LogP contribution in [0.15, 0.2) is 59.7 Å². The fourth-order valence-corrected chi connectivity index (χ4v) is 3.37. The minimum absolute atomic E-state index is 0.00783. The summed E-state index contributed by atoms with van der Waals surface area (Å²) >= 11 is 12.4. The Kier molecular flexibility index (Phi) is 8.23. The van der Waals surface area contributed by atoms with E-state index < -0.39 is 21.2 Å². The van der Waals surface area contributed by atoms with Crippen molar-refractivity contribution in [1.82, 2.24) is 0 Å². The van der Waals surface area contributed by atoms with Crippen LogP contribution in [0.5, 0.6) is 11.5 Å². The number of ether oxygens (including phenoxy) is 2. The molecule has 176 valence electrons. The van der Waals surface area contributed by atoms with E-state index >= 15 is 0 Å². The lowest BCUT2D eigenvalue weighted by Gasteiger charge is -2.14. The summed E-state index contributed by atoms with van der Waals surface area (Å²) in [6.07, 6.45) is 1.42. The van der Waals surface area contributed by atoms with Crippen molar-refractivity contribution in [1.29, 1.82) is 0 Å². The minimum Gasteiger partial charge on any atom is -0.490 e. The Morgan fingerprint density at radius 3 is 2.35 bits per heavy atom. The first-order chi connectivity index (χ1) is 16.3. The lowest BCUT2D eigenvalue weighted by atomic mass is 10.2. The van der Waals surface area contributed by atoms with Gasteiger partial charge < -0.3 is 9.47 Å². The van der Waals surface area contributed by atoms with E-state index in [1.807, 2.05) is 6.92 Å². The number of anilines is 1. The first-order valence-electron chi connectivity index (χ1n) is 9.84. The Bertz CT molecular complexity index is 1230. The number of benzene rings is 3. The van der Waals surface area contributed by atoms with Crippen LogP contribution in [0.25, 0.3) is 0 Å². The van der Waals surface area contributed by atoms with Crippen LogP contribution in [-0.4, -0.2) is 22.7 Å². The average molecular weight is 505 g/mol. The van der Waals surface area contributed by atoms with E-state index in [1.54, 1.807) is 36.4 Å². The van der Waals surface area contributed by atoms with E-state index in [2.05, 4.69) is 10.5 Å². The van der Waals surface area contributed by atoms with Crippen molar-refractivity contribution in [2.45, 2.75) is 13.5 Å². The molecule has 0 aromatic heterocycles. The molecule has 3 aromatic rings. The van der Waals surface area contributed by atoms with Crippen molar-refractivity contribution in [2.75, 3.05) is 12.0 Å². The zero-order valence-electron chi connectivity index (χ0n) is 17.7. The number of hydrogen-bond donors (Lipinski definition) is 1. The lowest BCUT2D eigenvalue weighted by Crippen LogP contribution is -2.02. The van der Waals surface area contributed by atoms with Crippen LogP contribution < -0.4 is 14.9 Å². The second-order valence-corrected chi connectivity index (χ2v) is 7.53. The Morgan fingerprint density at radius 1 is 0.971 bits per heavy atom. The topological polar surface area (TPSA) is 129 Å². The third-order valence-corrected chi connectivity index (χ3v) is 5.20. The summed E-state index contributed by atoms with van der Waals surface area (Å²) in [4.78, 5) is 20.7. The van der Waals surface area contributed by atoms with Gasteiger partial charge in [0.25, 0.3) is 5.69 Å². The molecule has 0 radical (unpaired) electrons. The molecular formula is C22H18Cl2N4O6. The van der Waals surface area contributed by atoms with E-state index in [0.29, 0.717) is 39.3 Å². The van der Waals surface area contributed by atoms with Crippen LogP contribution in [0.1, 0.15) is 18.1 Å². The molecule has 0 saturated carbocycles. The fraction of sp³-hybridized carbons (Fsp3) is 0.136. The SMILES string of the molecule is CCOc1cc(/C=N\Nc2ccc([N+](=O)[O-])cc2[N+](=O)[O-])ccc1OCc1c(Cl)cccc1Cl. The van der Waals surface area contributed by atoms with Gasteiger partial charge in [-0.1, -0.05) is 29.3 Å². The summed E-state index contributed by atoms with van der Waals surface area (Å²) in [5.74, 6) is 0.921. The summed E-state index contributed by atoms with van der Waals surface area (Å²) in [5.41, 5.74) is 2.95. The van der Waals surface area contributed by atoms with Gasteiger partial charge in [-0.3, -0.25) is 25.7 Å². The summed E-state index contributed by atoms with van der Waals surface area (Å²) in [6.45, 7) is 2.35. The molecule has 0 amide bonds. The quantitative estimate of drug-likeness (QED) is 0.196. The Balaban J connectivity index is 1.76. The van der Waals surface area contributed by atoms with Gasteiger partial charge in [-0.25, -0.2) is 0 Å². The number of non-ortho nitro benzene ring substituents is 1. The maximum Gasteiger partial charge on any atom is 0.301 e. The van der Waals surface area contributed by atoms with Crippen molar-refractivity contribution in [3.8, 4) is 11.5 Å². The molecule has 0 aliphatic rings. The fourth-order valence-electron chi connectivity index (χ4n) is 2.87. The second-order valence-electron chi connectivity index (χ2n) is 6.71. The van der Waals surface area contributed by atoms with Crippen molar-refractivity contribution >= 4 is 46.5 Å². The Labute approximate surface area is 204 Å². The summed E-state index contributed by atoms with van der Waals surface area (Å²) in [6, 6.07) is 13.5. The summed E-state index contributed by atoms with van der Waals surface area (Å²) in [7, 11) is 0. The largest absolute Gasteiger partial charge is 0.490 e. The summed E-state index contributed by atoms with van der Waals surface area (Å²) < 4.78 is 11.5. The summed E-state index contributed by atoms with van der Waals surface area (Å²) in [5, 5.41) is 27.1. The molecule has 0 saturated heterocycles. The first kappa shape index (κ1) is 24.7. The van der Waals surface area contributed by atoms with Crippen molar-refractivity contribution < 1.29 is 19.3 Å². The highest BCUT2D eigenvalue weighted by Gasteiger charge is 2.19. The van der Waals surface area contributed by atoms with Gasteiger partial charge in [0.1, 0.15) is 12.3 Å². The van der Waals surface area contributed by atoms with Crippen LogP contribution in [-0.2, 0) is 6.61 Å². The molecule has 0 atom stereocenters. The molecule has 0 heterocycles. The van der Waals surface area contributed by atoms with E-state index in [4.69, 9.17) is 32.7 Å². The van der Waals surface area contributed by atoms with Crippen LogP contribution in [0, 0.1) is 20.2 Å². The molecule has 34 heavy (non-hydrogen) atoms. The first-order valence-corrected chi connectivity index (χ1v) is 10.6. The number of halogens is 2. The maximum atomic E-state index is 11.2. The number of nitro benzene ring substituents is 2. The normalized spacial score (nSPS) is 10.8. The lowest BCUT2D eigenvalue weighted by molar-refractivity contribution is -0.393. The van der Waals surface area contributed by atoms with Gasteiger partial charge in [-0.05, 0) is 48.9 Å². The number of nitro groups is 2. The van der Waals surface area contributed by atoms with Gasteiger partial charge in [0.15, 0.2) is 11.5 Å². The van der Waals surface area contributed by atoms with Gasteiger partial charge in [0.05, 0.1) is 28.7 Å². The molecule has 0 aliphatic carbocycles. The third kappa shape index (κ3) is 6.12. The number of hydrogen-bond acceptors (Lipinski definition) is 8. The van der Waals surface area contributed by atoms with E-state index in [-0.39, 0.29) is 12.3 Å². The molecular weight excluding hydrogens is 487 g/mol. The molecule has 3 aromatic carbocycles. The third-order valence-electron chi connectivity index (χ3n) is 4.49. The average Bonchev–Trinajstić information content (AvgIpc) is 2.80. The van der Waals surface area contributed by atoms with Gasteiger partial charge in [-0.15, -0.1) is 0 Å². The van der Waals surface area contributed by atoms with Crippen molar-refractivity contribution in [3.05, 3.63) is 96.0 Å². The monoisotopic (exact) mass is 504 g/mol. The second kappa shape index (κ2) is 11.3. The molecule has 0 aliphatic heterocycles. The molecule has 1 N–H and O–H groups in total. The molecule has 12 heteroatoms. The predicted octanol–water partition coefficient (Wildman–Crippen LogP) is 6.23. The number of hydrazone groups is 1. The van der Waals surface area contributed by atoms with Crippen molar-refractivity contribution in [3.63, 3.8) is 0 Å². The Hall–Kier alpha value is -3.89. The number of nitrogens with zero attached hydrogens (tertiary/aromatic N) is 3. The van der Waals surface area contributed by atoms with E-state index in [1.165, 1.54) is 12.3 Å². The van der Waals surface area contributed by atoms with E-state index in [0.717, 1.165) is 12.1 Å². The van der Waals surface area contributed by atoms with Gasteiger partial charge in [0.2, 0.25) is 0 Å². The van der Waals surface area contributed by atoms with E-state index in [9.17, 15) is 20.2 Å². The van der Waals surface area contributed by atoms with Crippen molar-refractivity contribution in [2.24, 2.45) is 5.10 Å². The zero-order chi connectivity index (χ0) is 24.7. The Morgan fingerprint density at radius 2 is 1.71 bits per heavy atom. The van der Waals surface area contributed by atoms with Crippen LogP contribution in [0.4, 0.5) is 17.1 Å². The predicted molar refractivity (Wildman–Crippen MR) is 129 cm³/mol. The van der Waals surface area contributed by atoms with Crippen LogP contribution in [0.3, 0.4) is 0 Å². The molecule has 0 unspecified atom stereocenters. The highest BCUT2D eigenvalue weighted by Crippen LogP contribution is 2.32. The van der Waals surface area contributed by atoms with Gasteiger partial charge >= 0.3 is 5.69 Å². The van der Waals surface area contributed by atoms with Gasteiger partial charge in [0, 0.05) is 21.7 Å². The van der Waals surface area contributed by atoms with Gasteiger partial charge in [-0.2, -0.15) is 5.10 Å². The molecule has 3 rings (SSSR count). The highest BCUT2D eigenvalue weighted by atomic mass is 35.5. The zero-order valence-corrected chi connectivity index (χ0v) is 19.2. The maximum absolute atomic E-state index is 11.2. The molecule has 0 spiro atoms. The number of nitrogens with one attached hydrogen (secondary N) is 1. The highest BCUT2D eigenvalue weighted by molar-refractivity contribution is 6.35. The smallest absolute Gasteiger partial charge is 0.301 e. The molecule has 10 nitrogen and oxygen atoms in total.